The standard InChI is InChI=1S/C16H22N2O4/c1-3-22-15-10-17-13(9-14(15)16(20)21)8-12-4-6-18(7-5-12)11(2)19/h9-10,12H,3-8H2,1-2H3,(H,20,21). The van der Waals surface area contributed by atoms with Crippen molar-refractivity contribution >= 4 is 11.9 Å². The van der Waals surface area contributed by atoms with Gasteiger partial charge in [-0.2, -0.15) is 0 Å². The van der Waals surface area contributed by atoms with Gasteiger partial charge in [0.2, 0.25) is 5.91 Å². The molecule has 1 aliphatic rings. The summed E-state index contributed by atoms with van der Waals surface area (Å²) >= 11 is 0. The van der Waals surface area contributed by atoms with E-state index in [0.717, 1.165) is 38.0 Å². The van der Waals surface area contributed by atoms with Gasteiger partial charge in [-0.15, -0.1) is 0 Å². The molecule has 2 heterocycles. The molecule has 1 aliphatic heterocycles. The first-order chi connectivity index (χ1) is 10.5. The Labute approximate surface area is 130 Å². The van der Waals surface area contributed by atoms with Gasteiger partial charge in [-0.3, -0.25) is 9.78 Å². The van der Waals surface area contributed by atoms with Crippen molar-refractivity contribution in [2.24, 2.45) is 5.92 Å². The Hall–Kier alpha value is -2.11. The van der Waals surface area contributed by atoms with Gasteiger partial charge in [0.05, 0.1) is 12.8 Å². The van der Waals surface area contributed by atoms with E-state index in [-0.39, 0.29) is 11.5 Å². The number of carboxylic acids is 1. The van der Waals surface area contributed by atoms with Gasteiger partial charge in [0.25, 0.3) is 0 Å². The second-order valence-corrected chi connectivity index (χ2v) is 5.56. The first-order valence-corrected chi connectivity index (χ1v) is 7.61. The Morgan fingerprint density at radius 1 is 1.41 bits per heavy atom. The maximum absolute atomic E-state index is 11.3. The minimum atomic E-state index is -1.00. The molecular weight excluding hydrogens is 284 g/mol. The number of aromatic carboxylic acids is 1. The minimum Gasteiger partial charge on any atom is -0.491 e. The predicted octanol–water partition coefficient (Wildman–Crippen LogP) is 1.98. The van der Waals surface area contributed by atoms with Crippen LogP contribution in [0, 0.1) is 5.92 Å². The van der Waals surface area contributed by atoms with E-state index in [1.807, 2.05) is 11.8 Å². The highest BCUT2D eigenvalue weighted by molar-refractivity contribution is 5.90. The van der Waals surface area contributed by atoms with Crippen LogP contribution in [0.5, 0.6) is 5.75 Å². The molecule has 1 fully saturated rings. The number of nitrogens with zero attached hydrogens (tertiary/aromatic N) is 2. The Morgan fingerprint density at radius 3 is 2.64 bits per heavy atom. The van der Waals surface area contributed by atoms with E-state index >= 15 is 0 Å². The molecule has 0 aliphatic carbocycles. The lowest BCUT2D eigenvalue weighted by atomic mass is 9.91. The molecule has 1 amide bonds. The minimum absolute atomic E-state index is 0.116. The van der Waals surface area contributed by atoms with Gasteiger partial charge in [-0.05, 0) is 38.2 Å². The molecule has 6 nitrogen and oxygen atoms in total. The molecule has 2 rings (SSSR count). The average Bonchev–Trinajstić information content (AvgIpc) is 2.49. The van der Waals surface area contributed by atoms with Crippen LogP contribution in [0.25, 0.3) is 0 Å². The van der Waals surface area contributed by atoms with E-state index in [2.05, 4.69) is 4.98 Å². The summed E-state index contributed by atoms with van der Waals surface area (Å²) in [5, 5.41) is 9.27. The molecule has 0 saturated carbocycles. The van der Waals surface area contributed by atoms with Crippen LogP contribution in [-0.2, 0) is 11.2 Å². The molecule has 1 aromatic heterocycles. The fraction of sp³-hybridized carbons (Fsp3) is 0.562. The van der Waals surface area contributed by atoms with E-state index in [4.69, 9.17) is 4.74 Å². The van der Waals surface area contributed by atoms with Crippen molar-refractivity contribution in [3.05, 3.63) is 23.5 Å². The largest absolute Gasteiger partial charge is 0.491 e. The summed E-state index contributed by atoms with van der Waals surface area (Å²) in [7, 11) is 0. The van der Waals surface area contributed by atoms with Crippen LogP contribution in [0.15, 0.2) is 12.3 Å². The molecule has 1 N–H and O–H groups in total. The number of carboxylic acid groups (broad SMARTS) is 1. The highest BCUT2D eigenvalue weighted by Crippen LogP contribution is 2.24. The van der Waals surface area contributed by atoms with Crippen LogP contribution >= 0.6 is 0 Å². The number of ether oxygens (including phenoxy) is 1. The van der Waals surface area contributed by atoms with Gasteiger partial charge in [0, 0.05) is 25.7 Å². The van der Waals surface area contributed by atoms with Crippen molar-refractivity contribution in [1.82, 2.24) is 9.88 Å². The van der Waals surface area contributed by atoms with E-state index in [9.17, 15) is 14.7 Å². The molecule has 6 heteroatoms. The molecule has 1 saturated heterocycles. The van der Waals surface area contributed by atoms with Gasteiger partial charge >= 0.3 is 5.97 Å². The maximum Gasteiger partial charge on any atom is 0.339 e. The van der Waals surface area contributed by atoms with Gasteiger partial charge in [-0.25, -0.2) is 4.79 Å². The number of carbonyl (C=O) groups excluding carboxylic acids is 1. The molecule has 0 spiro atoms. The zero-order valence-electron chi connectivity index (χ0n) is 13.0. The molecule has 0 unspecified atom stereocenters. The lowest BCUT2D eigenvalue weighted by Gasteiger charge is -2.31. The third-order valence-electron chi connectivity index (χ3n) is 4.01. The number of pyridine rings is 1. The predicted molar refractivity (Wildman–Crippen MR) is 81.0 cm³/mol. The van der Waals surface area contributed by atoms with Crippen LogP contribution < -0.4 is 4.74 Å². The number of rotatable bonds is 5. The Kier molecular flexibility index (Phi) is 5.35. The second-order valence-electron chi connectivity index (χ2n) is 5.56. The molecule has 0 aromatic carbocycles. The van der Waals surface area contributed by atoms with Crippen molar-refractivity contribution in [3.8, 4) is 5.75 Å². The van der Waals surface area contributed by atoms with Crippen molar-refractivity contribution in [3.63, 3.8) is 0 Å². The number of amides is 1. The molecule has 22 heavy (non-hydrogen) atoms. The summed E-state index contributed by atoms with van der Waals surface area (Å²) < 4.78 is 5.30. The van der Waals surface area contributed by atoms with Crippen molar-refractivity contribution in [1.29, 1.82) is 0 Å². The lowest BCUT2D eigenvalue weighted by molar-refractivity contribution is -0.130. The summed E-state index contributed by atoms with van der Waals surface area (Å²) in [5.74, 6) is -0.142. The smallest absolute Gasteiger partial charge is 0.339 e. The van der Waals surface area contributed by atoms with Crippen LogP contribution in [0.3, 0.4) is 0 Å². The van der Waals surface area contributed by atoms with Crippen molar-refractivity contribution in [2.45, 2.75) is 33.1 Å². The van der Waals surface area contributed by atoms with Gasteiger partial charge < -0.3 is 14.7 Å². The van der Waals surface area contributed by atoms with E-state index < -0.39 is 5.97 Å². The SMILES string of the molecule is CCOc1cnc(CC2CCN(C(C)=O)CC2)cc1C(=O)O. The summed E-state index contributed by atoms with van der Waals surface area (Å²) in [5.41, 5.74) is 0.926. The Morgan fingerprint density at radius 2 is 2.09 bits per heavy atom. The highest BCUT2D eigenvalue weighted by Gasteiger charge is 2.22. The summed E-state index contributed by atoms with van der Waals surface area (Å²) in [6, 6.07) is 1.60. The summed E-state index contributed by atoms with van der Waals surface area (Å²) in [4.78, 5) is 28.8. The van der Waals surface area contributed by atoms with E-state index in [1.54, 1.807) is 13.0 Å². The van der Waals surface area contributed by atoms with Gasteiger partial charge in [-0.1, -0.05) is 0 Å². The van der Waals surface area contributed by atoms with Crippen LogP contribution in [0.2, 0.25) is 0 Å². The van der Waals surface area contributed by atoms with Crippen LogP contribution in [0.1, 0.15) is 42.7 Å². The van der Waals surface area contributed by atoms with E-state index in [0.29, 0.717) is 18.3 Å². The summed E-state index contributed by atoms with van der Waals surface area (Å²) in [6.07, 6.45) is 4.08. The molecule has 1 aromatic rings. The third kappa shape index (κ3) is 3.96. The third-order valence-corrected chi connectivity index (χ3v) is 4.01. The van der Waals surface area contributed by atoms with E-state index in [1.165, 1.54) is 6.20 Å². The number of aromatic nitrogens is 1. The monoisotopic (exact) mass is 306 g/mol. The maximum atomic E-state index is 11.3. The van der Waals surface area contributed by atoms with Crippen molar-refractivity contribution < 1.29 is 19.4 Å². The second kappa shape index (κ2) is 7.24. The molecular formula is C16H22N2O4. The van der Waals surface area contributed by atoms with Gasteiger partial charge in [0.1, 0.15) is 5.56 Å². The summed E-state index contributed by atoms with van der Waals surface area (Å²) in [6.45, 7) is 5.34. The van der Waals surface area contributed by atoms with Crippen molar-refractivity contribution in [2.75, 3.05) is 19.7 Å². The fourth-order valence-corrected chi connectivity index (χ4v) is 2.78. The number of carbonyl (C=O) groups is 2. The number of likely N-dealkylation sites (tertiary alicyclic amines) is 1. The lowest BCUT2D eigenvalue weighted by Crippen LogP contribution is -2.37. The normalized spacial score (nSPS) is 15.6. The quantitative estimate of drug-likeness (QED) is 0.899. The molecule has 120 valence electrons. The Bertz CT molecular complexity index is 551. The molecule has 0 atom stereocenters. The first-order valence-electron chi connectivity index (χ1n) is 7.61. The first kappa shape index (κ1) is 16.3. The zero-order chi connectivity index (χ0) is 16.1. The topological polar surface area (TPSA) is 79.7 Å². The average molecular weight is 306 g/mol. The highest BCUT2D eigenvalue weighted by atomic mass is 16.5. The number of piperidine rings is 1. The Balaban J connectivity index is 2.03. The van der Waals surface area contributed by atoms with Gasteiger partial charge in [0.15, 0.2) is 5.75 Å². The molecule has 0 bridgehead atoms. The zero-order valence-corrected chi connectivity index (χ0v) is 13.0. The number of hydrogen-bond acceptors (Lipinski definition) is 4. The molecule has 0 radical (unpaired) electrons. The van der Waals surface area contributed by atoms with Crippen LogP contribution in [0.4, 0.5) is 0 Å². The number of hydrogen-bond donors (Lipinski definition) is 1. The fourth-order valence-electron chi connectivity index (χ4n) is 2.78. The van der Waals surface area contributed by atoms with Crippen LogP contribution in [-0.4, -0.2) is 46.6 Å².